The number of aliphatic hydroxyl groups is 1. The van der Waals surface area contributed by atoms with Gasteiger partial charge in [0.25, 0.3) is 5.54 Å². The van der Waals surface area contributed by atoms with Crippen LogP contribution in [0, 0.1) is 0 Å². The van der Waals surface area contributed by atoms with Crippen molar-refractivity contribution in [3.8, 4) is 0 Å². The van der Waals surface area contributed by atoms with Crippen molar-refractivity contribution in [2.24, 2.45) is 0 Å². The maximum atomic E-state index is 14.2. The first-order valence-corrected chi connectivity index (χ1v) is 13.6. The molecule has 0 bridgehead atoms. The molecule has 0 saturated carbocycles. The lowest BCUT2D eigenvalue weighted by atomic mass is 9.80. The van der Waals surface area contributed by atoms with Gasteiger partial charge in [0, 0.05) is 0 Å². The molecule has 42 heavy (non-hydrogen) atoms. The van der Waals surface area contributed by atoms with Gasteiger partial charge in [0.05, 0.1) is 6.42 Å². The SMILES string of the molecule is CC(C)(C)OC(=O)[C@@H](c1ccccc1)N1C(=O)CC(C)(O)C1(C(=O)OCc1ccccc1)C(=O)OCc1ccccc1. The van der Waals surface area contributed by atoms with E-state index in [1.54, 1.807) is 112 Å². The van der Waals surface area contributed by atoms with E-state index in [1.807, 2.05) is 0 Å². The van der Waals surface area contributed by atoms with Crippen molar-refractivity contribution in [2.45, 2.75) is 70.1 Å². The summed E-state index contributed by atoms with van der Waals surface area (Å²) < 4.78 is 16.9. The molecule has 0 spiro atoms. The summed E-state index contributed by atoms with van der Waals surface area (Å²) in [6.07, 6.45) is -0.653. The Hall–Kier alpha value is -4.50. The third-order valence-corrected chi connectivity index (χ3v) is 6.92. The average molecular weight is 574 g/mol. The Labute approximate surface area is 245 Å². The first kappa shape index (κ1) is 30.5. The lowest BCUT2D eigenvalue weighted by Gasteiger charge is -2.43. The monoisotopic (exact) mass is 573 g/mol. The molecule has 9 heteroatoms. The number of benzene rings is 3. The van der Waals surface area contributed by atoms with Crippen LogP contribution in [0.4, 0.5) is 0 Å². The van der Waals surface area contributed by atoms with Crippen molar-refractivity contribution >= 4 is 23.8 Å². The van der Waals surface area contributed by atoms with Crippen LogP contribution in [0.25, 0.3) is 0 Å². The Kier molecular flexibility index (Phi) is 8.82. The first-order valence-electron chi connectivity index (χ1n) is 13.6. The van der Waals surface area contributed by atoms with Gasteiger partial charge in [-0.15, -0.1) is 0 Å². The molecule has 1 heterocycles. The van der Waals surface area contributed by atoms with Gasteiger partial charge in [0.1, 0.15) is 24.4 Å². The minimum atomic E-state index is -2.74. The van der Waals surface area contributed by atoms with Gasteiger partial charge in [-0.3, -0.25) is 9.69 Å². The Morgan fingerprint density at radius 2 is 1.24 bits per heavy atom. The summed E-state index contributed by atoms with van der Waals surface area (Å²) in [5, 5.41) is 11.8. The smallest absolute Gasteiger partial charge is 0.347 e. The predicted octanol–water partition coefficient (Wildman–Crippen LogP) is 4.28. The molecule has 1 N–H and O–H groups in total. The zero-order valence-corrected chi connectivity index (χ0v) is 24.1. The van der Waals surface area contributed by atoms with E-state index in [1.165, 1.54) is 6.92 Å². The molecule has 9 nitrogen and oxygen atoms in total. The highest BCUT2D eigenvalue weighted by Crippen LogP contribution is 2.47. The molecule has 1 amide bonds. The maximum Gasteiger partial charge on any atom is 0.347 e. The molecule has 3 aromatic carbocycles. The second-order valence-electron chi connectivity index (χ2n) is 11.4. The summed E-state index contributed by atoms with van der Waals surface area (Å²) in [6.45, 7) is 5.65. The largest absolute Gasteiger partial charge is 0.459 e. The summed E-state index contributed by atoms with van der Waals surface area (Å²) >= 11 is 0. The van der Waals surface area contributed by atoms with Crippen LogP contribution in [0.1, 0.15) is 56.8 Å². The highest BCUT2D eigenvalue weighted by atomic mass is 16.6. The summed E-state index contributed by atoms with van der Waals surface area (Å²) in [6, 6.07) is 24.0. The van der Waals surface area contributed by atoms with Crippen LogP contribution >= 0.6 is 0 Å². The minimum Gasteiger partial charge on any atom is -0.459 e. The van der Waals surface area contributed by atoms with Crippen molar-refractivity contribution in [3.05, 3.63) is 108 Å². The molecule has 0 radical (unpaired) electrons. The normalized spacial score (nSPS) is 18.7. The molecule has 1 aliphatic heterocycles. The quantitative estimate of drug-likeness (QED) is 0.229. The second-order valence-corrected chi connectivity index (χ2v) is 11.4. The molecule has 1 fully saturated rings. The Morgan fingerprint density at radius 1 is 0.810 bits per heavy atom. The number of amides is 1. The van der Waals surface area contributed by atoms with E-state index in [2.05, 4.69) is 0 Å². The van der Waals surface area contributed by atoms with Crippen molar-refractivity contribution in [3.63, 3.8) is 0 Å². The van der Waals surface area contributed by atoms with Gasteiger partial charge in [0.2, 0.25) is 5.91 Å². The highest BCUT2D eigenvalue weighted by Gasteiger charge is 2.74. The van der Waals surface area contributed by atoms with Crippen LogP contribution in [0.3, 0.4) is 0 Å². The number of likely N-dealkylation sites (tertiary alicyclic amines) is 1. The van der Waals surface area contributed by atoms with Crippen LogP contribution in [-0.4, -0.2) is 50.6 Å². The minimum absolute atomic E-state index is 0.256. The fourth-order valence-electron chi connectivity index (χ4n) is 5.05. The molecule has 3 aromatic rings. The fourth-order valence-corrected chi connectivity index (χ4v) is 5.05. The van der Waals surface area contributed by atoms with Crippen LogP contribution < -0.4 is 0 Å². The number of rotatable bonds is 9. The number of ether oxygens (including phenoxy) is 3. The molecule has 4 rings (SSSR count). The molecule has 1 aliphatic rings. The fraction of sp³-hybridized carbons (Fsp3) is 0.333. The van der Waals surface area contributed by atoms with Crippen LogP contribution in [-0.2, 0) is 46.6 Å². The average Bonchev–Trinajstić information content (AvgIpc) is 3.16. The lowest BCUT2D eigenvalue weighted by Crippen LogP contribution is -2.69. The van der Waals surface area contributed by atoms with Gasteiger partial charge < -0.3 is 19.3 Å². The van der Waals surface area contributed by atoms with E-state index in [4.69, 9.17) is 14.2 Å². The van der Waals surface area contributed by atoms with E-state index >= 15 is 0 Å². The van der Waals surface area contributed by atoms with E-state index in [-0.39, 0.29) is 18.8 Å². The third kappa shape index (κ3) is 6.21. The van der Waals surface area contributed by atoms with Crippen molar-refractivity contribution < 1.29 is 38.5 Å². The predicted molar refractivity (Wildman–Crippen MR) is 152 cm³/mol. The van der Waals surface area contributed by atoms with Crippen molar-refractivity contribution in [1.29, 1.82) is 0 Å². The van der Waals surface area contributed by atoms with E-state index in [9.17, 15) is 24.3 Å². The summed E-state index contributed by atoms with van der Waals surface area (Å²) in [5.74, 6) is -4.18. The van der Waals surface area contributed by atoms with E-state index in [0.717, 1.165) is 4.90 Å². The number of carbonyl (C=O) groups excluding carboxylic acids is 4. The molecule has 2 atom stereocenters. The van der Waals surface area contributed by atoms with Gasteiger partial charge in [0.15, 0.2) is 6.04 Å². The van der Waals surface area contributed by atoms with Gasteiger partial charge in [-0.2, -0.15) is 0 Å². The highest BCUT2D eigenvalue weighted by molar-refractivity contribution is 6.13. The number of nitrogens with zero attached hydrogens (tertiary/aromatic N) is 1. The van der Waals surface area contributed by atoms with Gasteiger partial charge in [-0.25, -0.2) is 14.4 Å². The van der Waals surface area contributed by atoms with Gasteiger partial charge in [-0.05, 0) is 44.4 Å². The molecule has 1 unspecified atom stereocenters. The van der Waals surface area contributed by atoms with Gasteiger partial charge in [-0.1, -0.05) is 91.0 Å². The zero-order chi connectivity index (χ0) is 30.5. The van der Waals surface area contributed by atoms with Crippen molar-refractivity contribution in [2.75, 3.05) is 0 Å². The summed E-state index contributed by atoms with van der Waals surface area (Å²) in [5.41, 5.74) is -4.54. The zero-order valence-electron chi connectivity index (χ0n) is 24.1. The summed E-state index contributed by atoms with van der Waals surface area (Å²) in [7, 11) is 0. The Bertz CT molecular complexity index is 1360. The van der Waals surface area contributed by atoms with Gasteiger partial charge >= 0.3 is 17.9 Å². The standard InChI is InChI=1S/C33H35NO8/c1-31(2,3)42-28(36)27(25-18-12-7-13-19-25)34-26(35)20-32(4,39)33(34,29(37)40-21-23-14-8-5-9-15-23)30(38)41-22-24-16-10-6-11-17-24/h5-19,27,39H,20-22H2,1-4H3/t27-,32?/m1/s1. The topological polar surface area (TPSA) is 119 Å². The summed E-state index contributed by atoms with van der Waals surface area (Å²) in [4.78, 5) is 56.7. The number of esters is 3. The Morgan fingerprint density at radius 3 is 1.67 bits per heavy atom. The number of hydrogen-bond acceptors (Lipinski definition) is 8. The van der Waals surface area contributed by atoms with Crippen molar-refractivity contribution in [1.82, 2.24) is 4.90 Å². The maximum absolute atomic E-state index is 14.2. The van der Waals surface area contributed by atoms with E-state index in [0.29, 0.717) is 11.1 Å². The molecular weight excluding hydrogens is 538 g/mol. The van der Waals surface area contributed by atoms with Crippen LogP contribution in [0.15, 0.2) is 91.0 Å². The molecule has 0 aromatic heterocycles. The number of carbonyl (C=O) groups is 4. The van der Waals surface area contributed by atoms with Crippen LogP contribution in [0.2, 0.25) is 0 Å². The molecular formula is C33H35NO8. The van der Waals surface area contributed by atoms with E-state index < -0.39 is 53.0 Å². The Balaban J connectivity index is 1.86. The first-order chi connectivity index (χ1) is 19.9. The molecule has 220 valence electrons. The lowest BCUT2D eigenvalue weighted by molar-refractivity contribution is -0.196. The molecule has 1 saturated heterocycles. The number of hydrogen-bond donors (Lipinski definition) is 1. The second kappa shape index (κ2) is 12.2. The molecule has 0 aliphatic carbocycles. The third-order valence-electron chi connectivity index (χ3n) is 6.92. The van der Waals surface area contributed by atoms with Crippen LogP contribution in [0.5, 0.6) is 0 Å².